The fraction of sp³-hybridized carbons (Fsp3) is 0.435. The van der Waals surface area contributed by atoms with E-state index in [1.54, 1.807) is 0 Å². The summed E-state index contributed by atoms with van der Waals surface area (Å²) in [5.74, 6) is 1.42. The molecule has 140 valence electrons. The van der Waals surface area contributed by atoms with Crippen molar-refractivity contribution in [2.45, 2.75) is 45.8 Å². The minimum absolute atomic E-state index is 0.270. The van der Waals surface area contributed by atoms with Gasteiger partial charge in [0.25, 0.3) is 0 Å². The van der Waals surface area contributed by atoms with Crippen LogP contribution in [0.15, 0.2) is 36.5 Å². The topological polar surface area (TPSA) is 41.1 Å². The molecule has 0 spiro atoms. The summed E-state index contributed by atoms with van der Waals surface area (Å²) in [6, 6.07) is 11.2. The van der Waals surface area contributed by atoms with Crippen molar-refractivity contribution >= 4 is 10.9 Å². The van der Waals surface area contributed by atoms with E-state index in [0.717, 1.165) is 11.4 Å². The van der Waals surface area contributed by atoms with Crippen LogP contribution >= 0.6 is 0 Å². The van der Waals surface area contributed by atoms with Gasteiger partial charge in [-0.05, 0) is 75.9 Å². The van der Waals surface area contributed by atoms with Crippen molar-refractivity contribution < 1.29 is 4.74 Å². The third kappa shape index (κ3) is 2.83. The molecule has 0 unspecified atom stereocenters. The summed E-state index contributed by atoms with van der Waals surface area (Å²) in [5, 5.41) is 1.29. The molecule has 0 aliphatic carbocycles. The van der Waals surface area contributed by atoms with Gasteiger partial charge in [0.15, 0.2) is 0 Å². The van der Waals surface area contributed by atoms with Crippen LogP contribution in [0.3, 0.4) is 0 Å². The van der Waals surface area contributed by atoms with Gasteiger partial charge >= 0.3 is 0 Å². The molecular weight excluding hydrogens is 334 g/mol. The first-order valence-corrected chi connectivity index (χ1v) is 10.1. The molecule has 3 aliphatic heterocycles. The molecule has 27 heavy (non-hydrogen) atoms. The van der Waals surface area contributed by atoms with Gasteiger partial charge in [0, 0.05) is 40.5 Å². The van der Waals surface area contributed by atoms with E-state index >= 15 is 0 Å². The van der Waals surface area contributed by atoms with Crippen LogP contribution in [0.2, 0.25) is 0 Å². The van der Waals surface area contributed by atoms with Gasteiger partial charge in [-0.1, -0.05) is 12.1 Å². The molecule has 2 bridgehead atoms. The molecule has 3 aromatic rings. The van der Waals surface area contributed by atoms with Gasteiger partial charge in [0.05, 0.1) is 0 Å². The van der Waals surface area contributed by atoms with Crippen LogP contribution in [0, 0.1) is 19.8 Å². The van der Waals surface area contributed by atoms with Crippen LogP contribution in [0.4, 0.5) is 0 Å². The number of nitrogens with one attached hydrogen (secondary N) is 1. The molecule has 2 aromatic heterocycles. The van der Waals surface area contributed by atoms with Crippen molar-refractivity contribution in [3.05, 3.63) is 47.8 Å². The predicted molar refractivity (Wildman–Crippen MR) is 109 cm³/mol. The molecule has 3 fully saturated rings. The third-order valence-electron chi connectivity index (χ3n) is 6.72. The van der Waals surface area contributed by atoms with Crippen molar-refractivity contribution in [1.82, 2.24) is 14.9 Å². The molecule has 2 atom stereocenters. The molecule has 0 saturated carbocycles. The minimum atomic E-state index is 0.270. The molecule has 4 heteroatoms. The summed E-state index contributed by atoms with van der Waals surface area (Å²) in [6.07, 6.45) is 4.71. The standard InChI is InChI=1S/C23H27N3O/c1-14-15(2)25-21-12-18(4-6-20(14)21)19-5-7-22(24-13-19)27-23-16(3)26-10-8-17(23)9-11-26/h4-7,12-13,16-17,23,25H,8-11H2,1-3H3/t16-,23-/m0/s1. The summed E-state index contributed by atoms with van der Waals surface area (Å²) in [7, 11) is 0. The quantitative estimate of drug-likeness (QED) is 0.735. The average molecular weight is 361 g/mol. The maximum absolute atomic E-state index is 6.32. The third-order valence-corrected chi connectivity index (χ3v) is 6.72. The van der Waals surface area contributed by atoms with Crippen LogP contribution in [0.1, 0.15) is 31.0 Å². The Morgan fingerprint density at radius 3 is 2.56 bits per heavy atom. The van der Waals surface area contributed by atoms with Crippen molar-refractivity contribution in [1.29, 1.82) is 0 Å². The Morgan fingerprint density at radius 2 is 1.85 bits per heavy atom. The van der Waals surface area contributed by atoms with E-state index in [0.29, 0.717) is 12.0 Å². The first-order valence-electron chi connectivity index (χ1n) is 10.1. The Bertz CT molecular complexity index is 965. The van der Waals surface area contributed by atoms with E-state index in [9.17, 15) is 0 Å². The van der Waals surface area contributed by atoms with Crippen molar-refractivity contribution in [3.8, 4) is 17.0 Å². The van der Waals surface area contributed by atoms with Gasteiger partial charge in [-0.3, -0.25) is 4.90 Å². The molecule has 5 heterocycles. The first kappa shape index (κ1) is 16.8. The number of aryl methyl sites for hydroxylation is 2. The second-order valence-electron chi connectivity index (χ2n) is 8.22. The lowest BCUT2D eigenvalue weighted by Gasteiger charge is -2.49. The van der Waals surface area contributed by atoms with E-state index in [2.05, 4.69) is 59.9 Å². The van der Waals surface area contributed by atoms with Gasteiger partial charge in [-0.15, -0.1) is 0 Å². The summed E-state index contributed by atoms with van der Waals surface area (Å²) in [5.41, 5.74) is 6.04. The minimum Gasteiger partial charge on any atom is -0.472 e. The van der Waals surface area contributed by atoms with Crippen molar-refractivity contribution in [3.63, 3.8) is 0 Å². The molecule has 1 aromatic carbocycles. The van der Waals surface area contributed by atoms with Gasteiger partial charge < -0.3 is 9.72 Å². The molecule has 0 amide bonds. The second-order valence-corrected chi connectivity index (χ2v) is 8.22. The molecule has 4 nitrogen and oxygen atoms in total. The molecule has 0 radical (unpaired) electrons. The fourth-order valence-electron chi connectivity index (χ4n) is 4.86. The lowest BCUT2D eigenvalue weighted by molar-refractivity contribution is -0.0525. The van der Waals surface area contributed by atoms with E-state index in [-0.39, 0.29) is 6.10 Å². The zero-order valence-corrected chi connectivity index (χ0v) is 16.3. The zero-order chi connectivity index (χ0) is 18.5. The Morgan fingerprint density at radius 1 is 1.07 bits per heavy atom. The Balaban J connectivity index is 1.37. The molecule has 3 saturated heterocycles. The Labute approximate surface area is 160 Å². The van der Waals surface area contributed by atoms with Crippen LogP contribution in [-0.4, -0.2) is 40.1 Å². The summed E-state index contributed by atoms with van der Waals surface area (Å²) < 4.78 is 6.32. The van der Waals surface area contributed by atoms with Crippen molar-refractivity contribution in [2.24, 2.45) is 5.92 Å². The maximum atomic E-state index is 6.32. The SMILES string of the molecule is Cc1[nH]c2cc(-c3ccc(O[C@@H]4C5CCN(CC5)[C@H]4C)nc3)ccc2c1C. The summed E-state index contributed by atoms with van der Waals surface area (Å²) in [6.45, 7) is 9.02. The highest BCUT2D eigenvalue weighted by Gasteiger charge is 2.41. The second kappa shape index (κ2) is 6.38. The lowest BCUT2D eigenvalue weighted by atomic mass is 9.81. The number of hydrogen-bond acceptors (Lipinski definition) is 3. The van der Waals surface area contributed by atoms with E-state index in [1.807, 2.05) is 12.3 Å². The Hall–Kier alpha value is -2.33. The number of rotatable bonds is 3. The number of aromatic amines is 1. The number of nitrogens with zero attached hydrogens (tertiary/aromatic N) is 2. The first-order chi connectivity index (χ1) is 13.1. The molecule has 1 N–H and O–H groups in total. The lowest BCUT2D eigenvalue weighted by Crippen LogP contribution is -2.58. The van der Waals surface area contributed by atoms with E-state index in [1.165, 1.54) is 53.7 Å². The summed E-state index contributed by atoms with van der Waals surface area (Å²) in [4.78, 5) is 10.6. The predicted octanol–water partition coefficient (Wildman–Crippen LogP) is 4.71. The Kier molecular flexibility index (Phi) is 3.97. The number of fused-ring (bicyclic) bond motifs is 4. The van der Waals surface area contributed by atoms with Crippen LogP contribution in [0.5, 0.6) is 5.88 Å². The number of ether oxygens (including phenoxy) is 1. The summed E-state index contributed by atoms with van der Waals surface area (Å²) >= 11 is 0. The van der Waals surface area contributed by atoms with E-state index in [4.69, 9.17) is 4.74 Å². The molecule has 3 aliphatic rings. The fourth-order valence-corrected chi connectivity index (χ4v) is 4.86. The molecular formula is C23H27N3O. The van der Waals surface area contributed by atoms with Gasteiger partial charge in [-0.25, -0.2) is 4.98 Å². The highest BCUT2D eigenvalue weighted by atomic mass is 16.5. The molecule has 6 rings (SSSR count). The zero-order valence-electron chi connectivity index (χ0n) is 16.3. The van der Waals surface area contributed by atoms with Crippen LogP contribution < -0.4 is 4.74 Å². The number of piperidine rings is 3. The number of H-pyrrole nitrogens is 1. The smallest absolute Gasteiger partial charge is 0.213 e. The number of benzene rings is 1. The number of hydrogen-bond donors (Lipinski definition) is 1. The monoisotopic (exact) mass is 361 g/mol. The number of aromatic nitrogens is 2. The van der Waals surface area contributed by atoms with Gasteiger partial charge in [0.1, 0.15) is 6.10 Å². The van der Waals surface area contributed by atoms with Gasteiger partial charge in [0.2, 0.25) is 5.88 Å². The highest BCUT2D eigenvalue weighted by Crippen LogP contribution is 2.35. The largest absolute Gasteiger partial charge is 0.472 e. The average Bonchev–Trinajstić information content (AvgIpc) is 2.99. The number of pyridine rings is 1. The van der Waals surface area contributed by atoms with Crippen LogP contribution in [-0.2, 0) is 0 Å². The van der Waals surface area contributed by atoms with Gasteiger partial charge in [-0.2, -0.15) is 0 Å². The maximum Gasteiger partial charge on any atom is 0.213 e. The van der Waals surface area contributed by atoms with Crippen molar-refractivity contribution in [2.75, 3.05) is 13.1 Å². The normalized spacial score (nSPS) is 27.2. The highest BCUT2D eigenvalue weighted by molar-refractivity contribution is 5.88. The van der Waals surface area contributed by atoms with E-state index < -0.39 is 0 Å². The van der Waals surface area contributed by atoms with Crippen LogP contribution in [0.25, 0.3) is 22.0 Å².